The van der Waals surface area contributed by atoms with Gasteiger partial charge in [0.15, 0.2) is 0 Å². The number of rotatable bonds is 5. The third-order valence-electron chi connectivity index (χ3n) is 3.07. The first kappa shape index (κ1) is 14.0. The lowest BCUT2D eigenvalue weighted by atomic mass is 10.1. The summed E-state index contributed by atoms with van der Waals surface area (Å²) in [4.78, 5) is 10.6. The van der Waals surface area contributed by atoms with Gasteiger partial charge in [-0.15, -0.1) is 0 Å². The Hall–Kier alpha value is -2.40. The average molecular weight is 272 g/mol. The third-order valence-corrected chi connectivity index (χ3v) is 3.07. The molecule has 0 amide bonds. The first-order chi connectivity index (χ1) is 9.61. The van der Waals surface area contributed by atoms with E-state index in [0.717, 1.165) is 16.8 Å². The molecule has 0 radical (unpaired) electrons. The smallest absolute Gasteiger partial charge is 0.292 e. The molecule has 5 heteroatoms. The van der Waals surface area contributed by atoms with E-state index in [0.29, 0.717) is 12.1 Å². The molecule has 2 aromatic rings. The number of benzene rings is 2. The lowest BCUT2D eigenvalue weighted by Gasteiger charge is -2.10. The fraction of sp³-hybridized carbons (Fsp3) is 0.200. The SMILES string of the molecule is Cc1cccc([N+](=O)[O-])c1Nc1ccc(CCO)cc1. The molecule has 0 heterocycles. The maximum Gasteiger partial charge on any atom is 0.292 e. The highest BCUT2D eigenvalue weighted by atomic mass is 16.6. The fourth-order valence-electron chi connectivity index (χ4n) is 2.00. The van der Waals surface area contributed by atoms with Crippen LogP contribution in [0.1, 0.15) is 11.1 Å². The number of para-hydroxylation sites is 1. The van der Waals surface area contributed by atoms with Gasteiger partial charge in [-0.05, 0) is 36.6 Å². The third kappa shape index (κ3) is 3.13. The van der Waals surface area contributed by atoms with Gasteiger partial charge in [-0.1, -0.05) is 24.3 Å². The summed E-state index contributed by atoms with van der Waals surface area (Å²) in [5.41, 5.74) is 3.19. The zero-order valence-corrected chi connectivity index (χ0v) is 11.2. The van der Waals surface area contributed by atoms with Crippen molar-refractivity contribution in [3.8, 4) is 0 Å². The van der Waals surface area contributed by atoms with E-state index < -0.39 is 4.92 Å². The minimum Gasteiger partial charge on any atom is -0.396 e. The molecular formula is C15H16N2O3. The number of nitrogens with one attached hydrogen (secondary N) is 1. The first-order valence-electron chi connectivity index (χ1n) is 6.32. The van der Waals surface area contributed by atoms with Gasteiger partial charge in [-0.3, -0.25) is 10.1 Å². The molecule has 20 heavy (non-hydrogen) atoms. The van der Waals surface area contributed by atoms with Gasteiger partial charge in [-0.25, -0.2) is 0 Å². The number of nitrogens with zero attached hydrogens (tertiary/aromatic N) is 1. The number of anilines is 2. The Labute approximate surface area is 117 Å². The van der Waals surface area contributed by atoms with Crippen LogP contribution >= 0.6 is 0 Å². The van der Waals surface area contributed by atoms with Gasteiger partial charge < -0.3 is 10.4 Å². The normalized spacial score (nSPS) is 10.3. The predicted octanol–water partition coefficient (Wildman–Crippen LogP) is 3.18. The highest BCUT2D eigenvalue weighted by Crippen LogP contribution is 2.30. The number of aryl methyl sites for hydroxylation is 1. The van der Waals surface area contributed by atoms with Crippen LogP contribution in [0, 0.1) is 17.0 Å². The Bertz CT molecular complexity index is 609. The van der Waals surface area contributed by atoms with E-state index in [-0.39, 0.29) is 12.3 Å². The number of nitro groups is 1. The Morgan fingerprint density at radius 3 is 2.50 bits per heavy atom. The molecule has 0 unspecified atom stereocenters. The molecule has 2 N–H and O–H groups in total. The largest absolute Gasteiger partial charge is 0.396 e. The Morgan fingerprint density at radius 2 is 1.90 bits per heavy atom. The van der Waals surface area contributed by atoms with Crippen molar-refractivity contribution in [1.29, 1.82) is 0 Å². The maximum atomic E-state index is 11.0. The molecule has 0 aliphatic rings. The van der Waals surface area contributed by atoms with Gasteiger partial charge in [0, 0.05) is 18.4 Å². The molecule has 0 saturated carbocycles. The Kier molecular flexibility index (Phi) is 4.32. The minimum atomic E-state index is -0.393. The fourth-order valence-corrected chi connectivity index (χ4v) is 2.00. The summed E-state index contributed by atoms with van der Waals surface area (Å²) >= 11 is 0. The van der Waals surface area contributed by atoms with Gasteiger partial charge in [0.2, 0.25) is 0 Å². The molecule has 0 bridgehead atoms. The highest BCUT2D eigenvalue weighted by molar-refractivity contribution is 5.72. The van der Waals surface area contributed by atoms with Crippen LogP contribution in [0.2, 0.25) is 0 Å². The monoisotopic (exact) mass is 272 g/mol. The van der Waals surface area contributed by atoms with Crippen molar-refractivity contribution in [2.45, 2.75) is 13.3 Å². The molecule has 104 valence electrons. The lowest BCUT2D eigenvalue weighted by molar-refractivity contribution is -0.383. The highest BCUT2D eigenvalue weighted by Gasteiger charge is 2.15. The summed E-state index contributed by atoms with van der Waals surface area (Å²) in [6, 6.07) is 12.5. The lowest BCUT2D eigenvalue weighted by Crippen LogP contribution is -1.99. The van der Waals surface area contributed by atoms with E-state index in [1.165, 1.54) is 6.07 Å². The van der Waals surface area contributed by atoms with E-state index in [1.54, 1.807) is 6.07 Å². The van der Waals surface area contributed by atoms with Gasteiger partial charge in [0.05, 0.1) is 4.92 Å². The standard InChI is InChI=1S/C15H16N2O3/c1-11-3-2-4-14(17(19)20)15(11)16-13-7-5-12(6-8-13)9-10-18/h2-8,16,18H,9-10H2,1H3. The number of aliphatic hydroxyl groups excluding tert-OH is 1. The molecule has 0 fully saturated rings. The first-order valence-corrected chi connectivity index (χ1v) is 6.32. The molecule has 0 aromatic heterocycles. The van der Waals surface area contributed by atoms with Crippen LogP contribution in [0.15, 0.2) is 42.5 Å². The van der Waals surface area contributed by atoms with E-state index in [2.05, 4.69) is 5.32 Å². The van der Waals surface area contributed by atoms with Crippen molar-refractivity contribution in [3.63, 3.8) is 0 Å². The Morgan fingerprint density at radius 1 is 1.20 bits per heavy atom. The predicted molar refractivity (Wildman–Crippen MR) is 78.3 cm³/mol. The van der Waals surface area contributed by atoms with E-state index >= 15 is 0 Å². The summed E-state index contributed by atoms with van der Waals surface area (Å²) in [5, 5.41) is 23.0. The van der Waals surface area contributed by atoms with Crippen LogP contribution in [0.4, 0.5) is 17.1 Å². The second kappa shape index (κ2) is 6.16. The number of hydrogen-bond donors (Lipinski definition) is 2. The number of nitro benzene ring substituents is 1. The van der Waals surface area contributed by atoms with Crippen molar-refractivity contribution in [2.24, 2.45) is 0 Å². The van der Waals surface area contributed by atoms with Crippen LogP contribution in [-0.2, 0) is 6.42 Å². The van der Waals surface area contributed by atoms with Crippen LogP contribution in [0.25, 0.3) is 0 Å². The van der Waals surface area contributed by atoms with E-state index in [1.807, 2.05) is 37.3 Å². The van der Waals surface area contributed by atoms with Crippen LogP contribution < -0.4 is 5.32 Å². The van der Waals surface area contributed by atoms with Crippen LogP contribution in [0.3, 0.4) is 0 Å². The number of aliphatic hydroxyl groups is 1. The minimum absolute atomic E-state index is 0.0597. The summed E-state index contributed by atoms with van der Waals surface area (Å²) in [5.74, 6) is 0. The van der Waals surface area contributed by atoms with Crippen molar-refractivity contribution in [1.82, 2.24) is 0 Å². The molecule has 2 aromatic carbocycles. The van der Waals surface area contributed by atoms with Crippen molar-refractivity contribution in [2.75, 3.05) is 11.9 Å². The van der Waals surface area contributed by atoms with E-state index in [9.17, 15) is 10.1 Å². The molecule has 0 atom stereocenters. The van der Waals surface area contributed by atoms with Crippen molar-refractivity contribution in [3.05, 3.63) is 63.7 Å². The Balaban J connectivity index is 2.27. The second-order valence-electron chi connectivity index (χ2n) is 4.52. The van der Waals surface area contributed by atoms with Crippen LogP contribution in [-0.4, -0.2) is 16.6 Å². The van der Waals surface area contributed by atoms with Gasteiger partial charge in [0.1, 0.15) is 5.69 Å². The molecule has 2 rings (SSSR count). The van der Waals surface area contributed by atoms with Crippen LogP contribution in [0.5, 0.6) is 0 Å². The van der Waals surface area contributed by atoms with Crippen molar-refractivity contribution < 1.29 is 10.0 Å². The average Bonchev–Trinajstić information content (AvgIpc) is 2.43. The van der Waals surface area contributed by atoms with Gasteiger partial charge >= 0.3 is 0 Å². The second-order valence-corrected chi connectivity index (χ2v) is 4.52. The summed E-state index contributed by atoms with van der Waals surface area (Å²) in [6.45, 7) is 1.94. The van der Waals surface area contributed by atoms with E-state index in [4.69, 9.17) is 5.11 Å². The topological polar surface area (TPSA) is 75.4 Å². The molecule has 0 aliphatic heterocycles. The summed E-state index contributed by atoms with van der Waals surface area (Å²) in [7, 11) is 0. The molecule has 0 spiro atoms. The molecule has 0 saturated heterocycles. The molecular weight excluding hydrogens is 256 g/mol. The van der Waals surface area contributed by atoms with Gasteiger partial charge in [0.25, 0.3) is 5.69 Å². The number of hydrogen-bond acceptors (Lipinski definition) is 4. The summed E-state index contributed by atoms with van der Waals surface area (Å²) < 4.78 is 0. The molecule has 5 nitrogen and oxygen atoms in total. The summed E-state index contributed by atoms with van der Waals surface area (Å²) in [6.07, 6.45) is 0.602. The maximum absolute atomic E-state index is 11.0. The van der Waals surface area contributed by atoms with Crippen molar-refractivity contribution >= 4 is 17.1 Å². The molecule has 0 aliphatic carbocycles. The zero-order valence-electron chi connectivity index (χ0n) is 11.2. The van der Waals surface area contributed by atoms with Gasteiger partial charge in [-0.2, -0.15) is 0 Å². The zero-order chi connectivity index (χ0) is 14.5. The quantitative estimate of drug-likeness (QED) is 0.647.